The molecule has 1 N–H and O–H groups in total. The lowest BCUT2D eigenvalue weighted by atomic mass is 10.0. The summed E-state index contributed by atoms with van der Waals surface area (Å²) in [5.74, 6) is 0.639. The van der Waals surface area contributed by atoms with Crippen molar-refractivity contribution in [3.63, 3.8) is 0 Å². The SMILES string of the molecule is CC[C@H](NC(=O)CN(c1ccc(OC)cc1)S(=O)(=O)c1ccc(C)c([N+](=O)[O-])c1)c1ccc(OC)cc1. The molecule has 0 aliphatic rings. The Labute approximate surface area is 216 Å². The summed E-state index contributed by atoms with van der Waals surface area (Å²) < 4.78 is 38.6. The number of sulfonamides is 1. The molecule has 0 unspecified atom stereocenters. The van der Waals surface area contributed by atoms with Gasteiger partial charge < -0.3 is 14.8 Å². The predicted molar refractivity (Wildman–Crippen MR) is 140 cm³/mol. The number of anilines is 1. The number of methoxy groups -OCH3 is 2. The molecule has 0 aromatic heterocycles. The summed E-state index contributed by atoms with van der Waals surface area (Å²) in [6.07, 6.45) is 0.567. The zero-order chi connectivity index (χ0) is 27.2. The lowest BCUT2D eigenvalue weighted by molar-refractivity contribution is -0.385. The Kier molecular flexibility index (Phi) is 8.72. The highest BCUT2D eigenvalue weighted by Gasteiger charge is 2.30. The molecule has 196 valence electrons. The number of nitrogens with zero attached hydrogens (tertiary/aromatic N) is 2. The fraction of sp³-hybridized carbons (Fsp3) is 0.269. The molecule has 0 fully saturated rings. The van der Waals surface area contributed by atoms with Gasteiger partial charge >= 0.3 is 0 Å². The van der Waals surface area contributed by atoms with Crippen molar-refractivity contribution in [2.75, 3.05) is 25.1 Å². The van der Waals surface area contributed by atoms with E-state index in [1.165, 1.54) is 38.3 Å². The molecule has 37 heavy (non-hydrogen) atoms. The van der Waals surface area contributed by atoms with E-state index in [0.717, 1.165) is 15.9 Å². The van der Waals surface area contributed by atoms with Crippen molar-refractivity contribution in [1.82, 2.24) is 5.32 Å². The Bertz CT molecular complexity index is 1360. The Morgan fingerprint density at radius 3 is 2.08 bits per heavy atom. The van der Waals surface area contributed by atoms with Gasteiger partial charge in [0.05, 0.1) is 35.8 Å². The van der Waals surface area contributed by atoms with Crippen LogP contribution >= 0.6 is 0 Å². The molecule has 0 radical (unpaired) electrons. The van der Waals surface area contributed by atoms with Gasteiger partial charge in [0.25, 0.3) is 15.7 Å². The minimum atomic E-state index is -4.35. The molecule has 0 saturated heterocycles. The third-order valence-corrected chi connectivity index (χ3v) is 7.64. The van der Waals surface area contributed by atoms with Crippen molar-refractivity contribution in [2.24, 2.45) is 0 Å². The van der Waals surface area contributed by atoms with E-state index >= 15 is 0 Å². The van der Waals surface area contributed by atoms with Crippen LogP contribution in [0.3, 0.4) is 0 Å². The molecule has 3 aromatic carbocycles. The number of ether oxygens (including phenoxy) is 2. The van der Waals surface area contributed by atoms with Crippen LogP contribution in [-0.2, 0) is 14.8 Å². The number of hydrogen-bond donors (Lipinski definition) is 1. The Morgan fingerprint density at radius 2 is 1.57 bits per heavy atom. The molecular formula is C26H29N3O7S. The topological polar surface area (TPSA) is 128 Å². The van der Waals surface area contributed by atoms with Gasteiger partial charge in [-0.2, -0.15) is 0 Å². The van der Waals surface area contributed by atoms with Crippen LogP contribution in [-0.4, -0.2) is 40.0 Å². The average molecular weight is 528 g/mol. The lowest BCUT2D eigenvalue weighted by Gasteiger charge is -2.26. The van der Waals surface area contributed by atoms with Crippen LogP contribution in [0.5, 0.6) is 11.5 Å². The van der Waals surface area contributed by atoms with Gasteiger partial charge in [-0.25, -0.2) is 8.42 Å². The van der Waals surface area contributed by atoms with Gasteiger partial charge in [-0.15, -0.1) is 0 Å². The zero-order valence-corrected chi connectivity index (χ0v) is 21.8. The number of aryl methyl sites for hydroxylation is 1. The van der Waals surface area contributed by atoms with Gasteiger partial charge in [0.1, 0.15) is 18.0 Å². The second-order valence-corrected chi connectivity index (χ2v) is 10.1. The van der Waals surface area contributed by atoms with E-state index in [2.05, 4.69) is 5.32 Å². The van der Waals surface area contributed by atoms with Gasteiger partial charge in [-0.1, -0.05) is 25.1 Å². The number of rotatable bonds is 11. The normalized spacial score (nSPS) is 11.9. The quantitative estimate of drug-likeness (QED) is 0.289. The minimum absolute atomic E-state index is 0.205. The summed E-state index contributed by atoms with van der Waals surface area (Å²) in [6.45, 7) is 2.88. The molecule has 1 amide bonds. The number of carbonyl (C=O) groups is 1. The summed E-state index contributed by atoms with van der Waals surface area (Å²) in [4.78, 5) is 23.6. The van der Waals surface area contributed by atoms with Crippen LogP contribution in [0, 0.1) is 17.0 Å². The minimum Gasteiger partial charge on any atom is -0.497 e. The number of nitro groups is 1. The van der Waals surface area contributed by atoms with Gasteiger partial charge in [-0.05, 0) is 61.4 Å². The smallest absolute Gasteiger partial charge is 0.273 e. The highest BCUT2D eigenvalue weighted by atomic mass is 32.2. The molecule has 0 saturated carbocycles. The Morgan fingerprint density at radius 1 is 1.00 bits per heavy atom. The largest absolute Gasteiger partial charge is 0.497 e. The van der Waals surface area contributed by atoms with Crippen LogP contribution in [0.4, 0.5) is 11.4 Å². The molecule has 3 aromatic rings. The number of amides is 1. The molecule has 11 heteroatoms. The van der Waals surface area contributed by atoms with Crippen molar-refractivity contribution >= 4 is 27.3 Å². The molecule has 10 nitrogen and oxygen atoms in total. The second-order valence-electron chi connectivity index (χ2n) is 8.22. The molecule has 0 heterocycles. The first-order valence-corrected chi connectivity index (χ1v) is 12.9. The first kappa shape index (κ1) is 27.5. The van der Waals surface area contributed by atoms with Crippen LogP contribution in [0.25, 0.3) is 0 Å². The second kappa shape index (κ2) is 11.7. The number of nitro benzene ring substituents is 1. The van der Waals surface area contributed by atoms with Crippen molar-refractivity contribution in [2.45, 2.75) is 31.2 Å². The van der Waals surface area contributed by atoms with Gasteiger partial charge in [0.15, 0.2) is 0 Å². The lowest BCUT2D eigenvalue weighted by Crippen LogP contribution is -2.42. The van der Waals surface area contributed by atoms with Crippen LogP contribution in [0.2, 0.25) is 0 Å². The first-order valence-electron chi connectivity index (χ1n) is 11.5. The molecule has 0 bridgehead atoms. The molecule has 0 aliphatic carbocycles. The van der Waals surface area contributed by atoms with E-state index < -0.39 is 27.4 Å². The molecule has 3 rings (SSSR count). The molecule has 0 aliphatic heterocycles. The van der Waals surface area contributed by atoms with Crippen LogP contribution in [0.1, 0.15) is 30.5 Å². The maximum atomic E-state index is 13.7. The van der Waals surface area contributed by atoms with Crippen LogP contribution in [0.15, 0.2) is 71.6 Å². The zero-order valence-electron chi connectivity index (χ0n) is 21.0. The molecular weight excluding hydrogens is 498 g/mol. The Balaban J connectivity index is 1.96. The van der Waals surface area contributed by atoms with Gasteiger partial charge in [0, 0.05) is 11.6 Å². The molecule has 1 atom stereocenters. The van der Waals surface area contributed by atoms with E-state index in [0.29, 0.717) is 23.5 Å². The maximum absolute atomic E-state index is 13.7. The van der Waals surface area contributed by atoms with Gasteiger partial charge in [0.2, 0.25) is 5.91 Å². The van der Waals surface area contributed by atoms with E-state index in [9.17, 15) is 23.3 Å². The first-order chi connectivity index (χ1) is 17.6. The fourth-order valence-electron chi connectivity index (χ4n) is 3.76. The monoisotopic (exact) mass is 527 g/mol. The van der Waals surface area contributed by atoms with Crippen molar-refractivity contribution in [3.8, 4) is 11.5 Å². The van der Waals surface area contributed by atoms with E-state index in [-0.39, 0.29) is 22.3 Å². The Hall–Kier alpha value is -4.12. The van der Waals surface area contributed by atoms with E-state index in [1.807, 2.05) is 19.1 Å². The van der Waals surface area contributed by atoms with E-state index in [1.54, 1.807) is 31.4 Å². The van der Waals surface area contributed by atoms with Crippen molar-refractivity contribution in [1.29, 1.82) is 0 Å². The number of benzene rings is 3. The highest BCUT2D eigenvalue weighted by Crippen LogP contribution is 2.29. The van der Waals surface area contributed by atoms with Crippen molar-refractivity contribution < 1.29 is 27.6 Å². The number of carbonyl (C=O) groups excluding carboxylic acids is 1. The molecule has 0 spiro atoms. The summed E-state index contributed by atoms with van der Waals surface area (Å²) in [5, 5.41) is 14.3. The maximum Gasteiger partial charge on any atom is 0.273 e. The van der Waals surface area contributed by atoms with Gasteiger partial charge in [-0.3, -0.25) is 19.2 Å². The highest BCUT2D eigenvalue weighted by molar-refractivity contribution is 7.92. The number of hydrogen-bond acceptors (Lipinski definition) is 7. The average Bonchev–Trinajstić information content (AvgIpc) is 2.90. The number of nitrogens with one attached hydrogen (secondary N) is 1. The summed E-state index contributed by atoms with van der Waals surface area (Å²) >= 11 is 0. The standard InChI is InChI=1S/C26H29N3O7S/c1-5-24(19-7-11-21(35-3)12-8-19)27-26(30)17-28(20-9-13-22(36-4)14-10-20)37(33,34)23-15-6-18(2)25(16-23)29(31)32/h6-16,24H,5,17H2,1-4H3,(H,27,30)/t24-/m0/s1. The van der Waals surface area contributed by atoms with E-state index in [4.69, 9.17) is 9.47 Å². The third-order valence-electron chi connectivity index (χ3n) is 5.87. The predicted octanol–water partition coefficient (Wildman–Crippen LogP) is 4.38. The summed E-state index contributed by atoms with van der Waals surface area (Å²) in [5.41, 5.74) is 1.04. The summed E-state index contributed by atoms with van der Waals surface area (Å²) in [6, 6.07) is 16.7. The van der Waals surface area contributed by atoms with Crippen molar-refractivity contribution in [3.05, 3.63) is 88.0 Å². The summed E-state index contributed by atoms with van der Waals surface area (Å²) in [7, 11) is -1.31. The fourth-order valence-corrected chi connectivity index (χ4v) is 5.21. The van der Waals surface area contributed by atoms with Crippen LogP contribution < -0.4 is 19.1 Å². The third kappa shape index (κ3) is 6.36.